The summed E-state index contributed by atoms with van der Waals surface area (Å²) >= 11 is 0. The molecule has 0 aromatic heterocycles. The van der Waals surface area contributed by atoms with Crippen molar-refractivity contribution in [1.82, 2.24) is 4.90 Å². The van der Waals surface area contributed by atoms with E-state index in [-0.39, 0.29) is 29.1 Å². The fourth-order valence-electron chi connectivity index (χ4n) is 7.69. The number of rotatable bonds is 0. The molecule has 3 aliphatic carbocycles. The molecule has 2 unspecified atom stereocenters. The standard InChI is InChI=1S/C22H28N2O3/c1-10-8-24-9-11-3-4-14(25)16-12-5-6-27-21(26)17(12)18-19(16)22(11,2)15(24)7-13(10)20(18)23/h10-13,15,20H,3-9,23H2,1-2H3/t10-,11-,12?,13-,15-,20?,22-/m1/s1. The van der Waals surface area contributed by atoms with Gasteiger partial charge in [0, 0.05) is 54.1 Å². The second-order valence-electron chi connectivity index (χ2n) is 9.91. The van der Waals surface area contributed by atoms with Crippen LogP contribution in [-0.2, 0) is 14.3 Å². The van der Waals surface area contributed by atoms with Crippen LogP contribution >= 0.6 is 0 Å². The molecule has 4 fully saturated rings. The number of esters is 1. The number of hydrogen-bond donors (Lipinski definition) is 1. The van der Waals surface area contributed by atoms with Gasteiger partial charge in [-0.2, -0.15) is 0 Å². The normalized spacial score (nSPS) is 48.4. The molecule has 6 rings (SSSR count). The molecular weight excluding hydrogens is 340 g/mol. The molecule has 0 spiro atoms. The van der Waals surface area contributed by atoms with Crippen LogP contribution in [0.2, 0.25) is 0 Å². The van der Waals surface area contributed by atoms with Gasteiger partial charge >= 0.3 is 5.97 Å². The van der Waals surface area contributed by atoms with Crippen molar-refractivity contribution in [2.45, 2.75) is 51.6 Å². The number of cyclic esters (lactones) is 1. The molecule has 3 aliphatic heterocycles. The van der Waals surface area contributed by atoms with E-state index < -0.39 is 0 Å². The number of nitrogens with two attached hydrogens (primary N) is 1. The number of Topliss-reactive ketones (excluding diaryl/α,β-unsaturated/α-hetero) is 1. The van der Waals surface area contributed by atoms with Crippen molar-refractivity contribution in [3.05, 3.63) is 22.3 Å². The zero-order valence-corrected chi connectivity index (χ0v) is 16.2. The van der Waals surface area contributed by atoms with Crippen molar-refractivity contribution in [3.63, 3.8) is 0 Å². The van der Waals surface area contributed by atoms with Crippen LogP contribution in [0.5, 0.6) is 0 Å². The summed E-state index contributed by atoms with van der Waals surface area (Å²) in [7, 11) is 0. The highest BCUT2D eigenvalue weighted by molar-refractivity contribution is 6.05. The third kappa shape index (κ3) is 1.79. The molecule has 0 aromatic rings. The van der Waals surface area contributed by atoms with Gasteiger partial charge in [-0.3, -0.25) is 9.69 Å². The number of piperidine rings is 1. The summed E-state index contributed by atoms with van der Waals surface area (Å²) in [6.07, 6.45) is 3.39. The average Bonchev–Trinajstić information content (AvgIpc) is 3.07. The smallest absolute Gasteiger partial charge is 0.334 e. The summed E-state index contributed by atoms with van der Waals surface area (Å²) in [6.45, 7) is 7.26. The first kappa shape index (κ1) is 16.5. The first-order valence-corrected chi connectivity index (χ1v) is 10.6. The van der Waals surface area contributed by atoms with E-state index in [1.54, 1.807) is 0 Å². The molecule has 27 heavy (non-hydrogen) atoms. The molecule has 7 atom stereocenters. The Bertz CT molecular complexity index is 842. The van der Waals surface area contributed by atoms with Gasteiger partial charge in [0.1, 0.15) is 0 Å². The minimum Gasteiger partial charge on any atom is -0.462 e. The molecule has 5 nitrogen and oxygen atoms in total. The van der Waals surface area contributed by atoms with Gasteiger partial charge in [-0.1, -0.05) is 13.8 Å². The lowest BCUT2D eigenvalue weighted by Gasteiger charge is -2.44. The Labute approximate surface area is 160 Å². The van der Waals surface area contributed by atoms with Gasteiger partial charge in [0.05, 0.1) is 6.61 Å². The van der Waals surface area contributed by atoms with Crippen LogP contribution in [0.3, 0.4) is 0 Å². The molecule has 0 amide bonds. The molecular formula is C22H28N2O3. The predicted octanol–water partition coefficient (Wildman–Crippen LogP) is 1.82. The number of allylic oxidation sites excluding steroid dienone is 1. The van der Waals surface area contributed by atoms with Crippen LogP contribution < -0.4 is 5.73 Å². The first-order valence-electron chi connectivity index (χ1n) is 10.6. The first-order chi connectivity index (χ1) is 12.9. The van der Waals surface area contributed by atoms with Gasteiger partial charge in [-0.05, 0) is 48.2 Å². The van der Waals surface area contributed by atoms with Crippen LogP contribution in [0, 0.1) is 29.1 Å². The highest BCUT2D eigenvalue weighted by Crippen LogP contribution is 2.64. The second kappa shape index (κ2) is 5.12. The van der Waals surface area contributed by atoms with E-state index in [4.69, 9.17) is 10.5 Å². The van der Waals surface area contributed by atoms with E-state index in [2.05, 4.69) is 18.7 Å². The van der Waals surface area contributed by atoms with Crippen molar-refractivity contribution < 1.29 is 14.3 Å². The maximum atomic E-state index is 13.3. The van der Waals surface area contributed by atoms with Crippen molar-refractivity contribution in [3.8, 4) is 0 Å². The zero-order chi connectivity index (χ0) is 18.7. The van der Waals surface area contributed by atoms with Crippen LogP contribution in [0.15, 0.2) is 22.3 Å². The minimum absolute atomic E-state index is 0.0616. The van der Waals surface area contributed by atoms with Crippen LogP contribution in [0.4, 0.5) is 0 Å². The Morgan fingerprint density at radius 2 is 1.96 bits per heavy atom. The molecule has 2 N–H and O–H groups in total. The van der Waals surface area contributed by atoms with E-state index in [1.807, 2.05) is 0 Å². The van der Waals surface area contributed by atoms with Gasteiger partial charge in [-0.15, -0.1) is 0 Å². The Balaban J connectivity index is 1.69. The number of hydrogen-bond acceptors (Lipinski definition) is 5. The number of ketones is 1. The molecule has 6 aliphatic rings. The third-order valence-electron chi connectivity index (χ3n) is 8.92. The van der Waals surface area contributed by atoms with Gasteiger partial charge in [0.25, 0.3) is 0 Å². The summed E-state index contributed by atoms with van der Waals surface area (Å²) in [5.41, 5.74) is 10.7. The number of carbonyl (C=O) groups excluding carboxylic acids is 2. The molecule has 0 aromatic carbocycles. The fourth-order valence-corrected chi connectivity index (χ4v) is 7.69. The maximum absolute atomic E-state index is 13.3. The van der Waals surface area contributed by atoms with E-state index in [0.717, 1.165) is 49.1 Å². The topological polar surface area (TPSA) is 72.6 Å². The molecule has 3 heterocycles. The number of nitrogens with zero attached hydrogens (tertiary/aromatic N) is 1. The van der Waals surface area contributed by atoms with Crippen molar-refractivity contribution in [1.29, 1.82) is 0 Å². The average molecular weight is 368 g/mol. The van der Waals surface area contributed by atoms with Crippen molar-refractivity contribution >= 4 is 11.8 Å². The van der Waals surface area contributed by atoms with Crippen LogP contribution in [0.1, 0.15) is 39.5 Å². The lowest BCUT2D eigenvalue weighted by atomic mass is 9.66. The SMILES string of the molecule is C[C@@H]1CN2C[C@H]3CCC(=O)C4=C5C(=C6C(=O)OCCC64)C(N)[C@@H]1C[C@@H]2[C@]53C. The highest BCUT2D eigenvalue weighted by Gasteiger charge is 2.63. The summed E-state index contributed by atoms with van der Waals surface area (Å²) in [6, 6.07) is 0.284. The monoisotopic (exact) mass is 368 g/mol. The molecule has 3 saturated heterocycles. The lowest BCUT2D eigenvalue weighted by molar-refractivity contribution is -0.142. The molecule has 1 saturated carbocycles. The zero-order valence-electron chi connectivity index (χ0n) is 16.2. The fraction of sp³-hybridized carbons (Fsp3) is 0.727. The molecule has 2 bridgehead atoms. The quantitative estimate of drug-likeness (QED) is 0.661. The highest BCUT2D eigenvalue weighted by atomic mass is 16.5. The minimum atomic E-state index is -0.225. The number of ether oxygens (including phenoxy) is 1. The summed E-state index contributed by atoms with van der Waals surface area (Å²) in [4.78, 5) is 28.8. The predicted molar refractivity (Wildman–Crippen MR) is 99.6 cm³/mol. The second-order valence-corrected chi connectivity index (χ2v) is 9.91. The molecule has 144 valence electrons. The van der Waals surface area contributed by atoms with Crippen molar-refractivity contribution in [2.75, 3.05) is 19.7 Å². The Morgan fingerprint density at radius 1 is 1.15 bits per heavy atom. The van der Waals surface area contributed by atoms with Crippen molar-refractivity contribution in [2.24, 2.45) is 34.8 Å². The van der Waals surface area contributed by atoms with E-state index in [0.29, 0.717) is 36.8 Å². The molecule has 0 radical (unpaired) electrons. The maximum Gasteiger partial charge on any atom is 0.334 e. The largest absolute Gasteiger partial charge is 0.462 e. The van der Waals surface area contributed by atoms with Gasteiger partial charge in [0.2, 0.25) is 0 Å². The summed E-state index contributed by atoms with van der Waals surface area (Å²) < 4.78 is 5.45. The Hall–Kier alpha value is -1.46. The Morgan fingerprint density at radius 3 is 2.78 bits per heavy atom. The molecule has 5 heteroatoms. The summed E-state index contributed by atoms with van der Waals surface area (Å²) in [5, 5.41) is 0. The third-order valence-corrected chi connectivity index (χ3v) is 8.92. The lowest BCUT2D eigenvalue weighted by Crippen LogP contribution is -2.50. The number of fused-ring (bicyclic) bond motifs is 3. The van der Waals surface area contributed by atoms with E-state index in [1.165, 1.54) is 5.57 Å². The van der Waals surface area contributed by atoms with Gasteiger partial charge in [-0.25, -0.2) is 4.79 Å². The van der Waals surface area contributed by atoms with E-state index >= 15 is 0 Å². The van der Waals surface area contributed by atoms with Gasteiger partial charge < -0.3 is 10.5 Å². The van der Waals surface area contributed by atoms with Gasteiger partial charge in [0.15, 0.2) is 5.78 Å². The van der Waals surface area contributed by atoms with E-state index in [9.17, 15) is 9.59 Å². The van der Waals surface area contributed by atoms with Crippen LogP contribution in [-0.4, -0.2) is 48.4 Å². The Kier molecular flexibility index (Phi) is 3.13. The van der Waals surface area contributed by atoms with Crippen LogP contribution in [0.25, 0.3) is 0 Å². The number of carbonyl (C=O) groups is 2. The summed E-state index contributed by atoms with van der Waals surface area (Å²) in [5.74, 6) is 1.31.